The normalized spacial score (nSPS) is 18.8. The fourth-order valence-corrected chi connectivity index (χ4v) is 7.33. The third-order valence-corrected chi connectivity index (χ3v) is 11.8. The number of nitrogens with one attached hydrogen (secondary N) is 2. The van der Waals surface area contributed by atoms with E-state index in [4.69, 9.17) is 9.84 Å². The smallest absolute Gasteiger partial charge is 0.266 e. The molecule has 0 aromatic heterocycles. The van der Waals surface area contributed by atoms with Gasteiger partial charge in [-0.25, -0.2) is 5.01 Å². The van der Waals surface area contributed by atoms with Gasteiger partial charge >= 0.3 is 0 Å². The number of rotatable bonds is 13. The van der Waals surface area contributed by atoms with Crippen LogP contribution < -0.4 is 25.6 Å². The Kier molecular flexibility index (Phi) is 11.8. The number of hydrogen-bond donors (Lipinski definition) is 2. The average Bonchev–Trinajstić information content (AvgIpc) is 3.77. The molecule has 3 aromatic rings. The minimum Gasteiger partial charge on any atom is -0.480 e. The molecule has 3 heterocycles. The van der Waals surface area contributed by atoms with Crippen LogP contribution >= 0.6 is 11.8 Å². The van der Waals surface area contributed by atoms with Gasteiger partial charge in [-0.2, -0.15) is 15.1 Å². The SMILES string of the molecule is CCC(Oc1ccc(C(C)(C)CC)cc1C(C)(C)CC)C(=O)Nc1ccc(N2N=CC(SC3=NN(N4CCCCC4)NN3c3ccccc3)C2=O)cc1. The maximum absolute atomic E-state index is 13.7. The van der Waals surface area contributed by atoms with Crippen molar-refractivity contribution in [2.75, 3.05) is 28.4 Å². The number of nitrogens with zero attached hydrogens (tertiary/aromatic N) is 6. The lowest BCUT2D eigenvalue weighted by atomic mass is 9.76. The molecule has 0 radical (unpaired) electrons. The van der Waals surface area contributed by atoms with Crippen LogP contribution in [0.3, 0.4) is 0 Å². The van der Waals surface area contributed by atoms with E-state index in [2.05, 4.69) is 74.6 Å². The molecule has 11 nitrogen and oxygen atoms in total. The molecule has 0 saturated carbocycles. The zero-order valence-electron chi connectivity index (χ0n) is 32.1. The molecule has 3 aromatic carbocycles. The summed E-state index contributed by atoms with van der Waals surface area (Å²) in [6.07, 6.45) is 6.89. The zero-order chi connectivity index (χ0) is 37.8. The number of para-hydroxylation sites is 1. The van der Waals surface area contributed by atoms with E-state index in [1.54, 1.807) is 35.7 Å². The highest BCUT2D eigenvalue weighted by Crippen LogP contribution is 2.39. The predicted octanol–water partition coefficient (Wildman–Crippen LogP) is 8.21. The van der Waals surface area contributed by atoms with E-state index in [1.165, 1.54) is 28.8 Å². The number of amidine groups is 1. The van der Waals surface area contributed by atoms with Gasteiger partial charge in [-0.05, 0) is 91.0 Å². The standard InChI is InChI=1S/C41H54N8O3S/c1-8-34(52-35-24-19-29(40(4,5)9-2)27-33(35)41(6,7)10-3)37(50)43-30-20-22-32(23-21-30)47-38(51)36(28-42-47)53-39-44-49(46-25-15-12-16-26-46)45-48(39)31-17-13-11-14-18-31/h11,13-14,17-24,27-28,34,36,45H,8-10,12,15-16,25-26H2,1-7H3,(H,43,50). The van der Waals surface area contributed by atoms with Crippen LogP contribution in [0.4, 0.5) is 17.1 Å². The van der Waals surface area contributed by atoms with E-state index in [0.29, 0.717) is 23.0 Å². The number of ether oxygens (including phenoxy) is 1. The molecule has 12 heteroatoms. The summed E-state index contributed by atoms with van der Waals surface area (Å²) in [4.78, 5) is 27.2. The van der Waals surface area contributed by atoms with Crippen molar-refractivity contribution in [2.24, 2.45) is 10.2 Å². The van der Waals surface area contributed by atoms with Gasteiger partial charge in [-0.1, -0.05) is 97.0 Å². The Morgan fingerprint density at radius 3 is 2.28 bits per heavy atom. The van der Waals surface area contributed by atoms with Gasteiger partial charge in [-0.15, -0.1) is 15.9 Å². The molecule has 0 bridgehead atoms. The first-order valence-corrected chi connectivity index (χ1v) is 19.8. The van der Waals surface area contributed by atoms with E-state index < -0.39 is 11.4 Å². The summed E-state index contributed by atoms with van der Waals surface area (Å²) < 4.78 is 6.47. The Bertz CT molecular complexity index is 1810. The minimum atomic E-state index is -0.678. The van der Waals surface area contributed by atoms with Gasteiger partial charge < -0.3 is 10.1 Å². The summed E-state index contributed by atoms with van der Waals surface area (Å²) in [5, 5.41) is 19.7. The first-order valence-electron chi connectivity index (χ1n) is 19.0. The topological polar surface area (TPSA) is 105 Å². The highest BCUT2D eigenvalue weighted by Gasteiger charge is 2.37. The molecule has 53 heavy (non-hydrogen) atoms. The van der Waals surface area contributed by atoms with Gasteiger partial charge in [0, 0.05) is 30.6 Å². The summed E-state index contributed by atoms with van der Waals surface area (Å²) in [6, 6.07) is 23.5. The minimum absolute atomic E-state index is 0.0376. The Balaban J connectivity index is 1.11. The average molecular weight is 739 g/mol. The van der Waals surface area contributed by atoms with Crippen molar-refractivity contribution in [1.29, 1.82) is 0 Å². The lowest BCUT2D eigenvalue weighted by molar-refractivity contribution is -0.123. The second-order valence-electron chi connectivity index (χ2n) is 15.1. The molecule has 2 unspecified atom stereocenters. The first kappa shape index (κ1) is 38.3. The van der Waals surface area contributed by atoms with Gasteiger partial charge in [0.1, 0.15) is 11.0 Å². The van der Waals surface area contributed by atoms with Gasteiger partial charge in [0.05, 0.1) is 11.4 Å². The third kappa shape index (κ3) is 8.55. The van der Waals surface area contributed by atoms with Crippen LogP contribution in [0, 0.1) is 0 Å². The van der Waals surface area contributed by atoms with Crippen molar-refractivity contribution < 1.29 is 14.3 Å². The van der Waals surface area contributed by atoms with Gasteiger partial charge in [0.2, 0.25) is 5.17 Å². The van der Waals surface area contributed by atoms with E-state index >= 15 is 0 Å². The summed E-state index contributed by atoms with van der Waals surface area (Å²) in [7, 11) is 0. The largest absolute Gasteiger partial charge is 0.480 e. The van der Waals surface area contributed by atoms with Crippen molar-refractivity contribution in [3.05, 3.63) is 83.9 Å². The lowest BCUT2D eigenvalue weighted by Gasteiger charge is -2.33. The molecule has 2 atom stereocenters. The molecule has 0 aliphatic carbocycles. The molecule has 3 aliphatic heterocycles. The predicted molar refractivity (Wildman–Crippen MR) is 217 cm³/mol. The Hall–Kier alpha value is -4.39. The third-order valence-electron chi connectivity index (χ3n) is 10.7. The maximum Gasteiger partial charge on any atom is 0.266 e. The van der Waals surface area contributed by atoms with Crippen molar-refractivity contribution in [3.63, 3.8) is 0 Å². The number of benzene rings is 3. The molecule has 282 valence electrons. The zero-order valence-corrected chi connectivity index (χ0v) is 32.9. The van der Waals surface area contributed by atoms with Crippen LogP contribution in [-0.4, -0.2) is 57.9 Å². The number of amides is 2. The number of carbonyl (C=O) groups excluding carboxylic acids is 2. The molecular weight excluding hydrogens is 685 g/mol. The molecule has 2 N–H and O–H groups in total. The van der Waals surface area contributed by atoms with Crippen LogP contribution in [0.15, 0.2) is 83.0 Å². The van der Waals surface area contributed by atoms with Gasteiger partial charge in [0.25, 0.3) is 11.8 Å². The first-order chi connectivity index (χ1) is 25.4. The van der Waals surface area contributed by atoms with Crippen molar-refractivity contribution in [1.82, 2.24) is 15.8 Å². The molecule has 0 spiro atoms. The Morgan fingerprint density at radius 1 is 0.925 bits per heavy atom. The number of hydrazine groups is 3. The van der Waals surface area contributed by atoms with E-state index in [-0.39, 0.29) is 22.6 Å². The number of piperidine rings is 1. The Morgan fingerprint density at radius 2 is 1.62 bits per heavy atom. The van der Waals surface area contributed by atoms with E-state index in [9.17, 15) is 9.59 Å². The summed E-state index contributed by atoms with van der Waals surface area (Å²) in [5.74, 6) is 0.350. The van der Waals surface area contributed by atoms with Crippen LogP contribution in [0.2, 0.25) is 0 Å². The van der Waals surface area contributed by atoms with Gasteiger partial charge in [0.15, 0.2) is 6.10 Å². The summed E-state index contributed by atoms with van der Waals surface area (Å²) in [5.41, 5.74) is 7.82. The second-order valence-corrected chi connectivity index (χ2v) is 16.3. The Labute approximate surface area is 318 Å². The molecule has 3 aliphatic rings. The van der Waals surface area contributed by atoms with E-state index in [0.717, 1.165) is 55.8 Å². The number of hydrogen-bond acceptors (Lipinski definition) is 10. The van der Waals surface area contributed by atoms with Crippen LogP contribution in [0.5, 0.6) is 5.75 Å². The molecule has 2 amide bonds. The number of carbonyl (C=O) groups is 2. The van der Waals surface area contributed by atoms with E-state index in [1.807, 2.05) is 48.3 Å². The highest BCUT2D eigenvalue weighted by molar-refractivity contribution is 8.15. The number of thioether (sulfide) groups is 1. The van der Waals surface area contributed by atoms with Crippen LogP contribution in [0.1, 0.15) is 98.1 Å². The monoisotopic (exact) mass is 738 g/mol. The number of anilines is 3. The fraction of sp³-hybridized carbons (Fsp3) is 0.463. The molecule has 6 rings (SSSR count). The lowest BCUT2D eigenvalue weighted by Crippen LogP contribution is -2.52. The highest BCUT2D eigenvalue weighted by atomic mass is 32.2. The number of hydrazone groups is 2. The van der Waals surface area contributed by atoms with Crippen molar-refractivity contribution in [2.45, 2.75) is 109 Å². The van der Waals surface area contributed by atoms with Crippen molar-refractivity contribution >= 4 is 52.0 Å². The van der Waals surface area contributed by atoms with Crippen LogP contribution in [-0.2, 0) is 20.4 Å². The van der Waals surface area contributed by atoms with Gasteiger partial charge in [-0.3, -0.25) is 9.59 Å². The quantitative estimate of drug-likeness (QED) is 0.181. The molecular formula is C41H54N8O3S. The van der Waals surface area contributed by atoms with Crippen LogP contribution in [0.25, 0.3) is 0 Å². The summed E-state index contributed by atoms with van der Waals surface area (Å²) in [6.45, 7) is 17.1. The summed E-state index contributed by atoms with van der Waals surface area (Å²) >= 11 is 1.35. The second kappa shape index (κ2) is 16.3. The van der Waals surface area contributed by atoms with Crippen molar-refractivity contribution in [3.8, 4) is 5.75 Å². The molecule has 1 fully saturated rings. The maximum atomic E-state index is 13.7. The fourth-order valence-electron chi connectivity index (χ4n) is 6.41. The molecule has 1 saturated heterocycles.